The predicted molar refractivity (Wildman–Crippen MR) is 105 cm³/mol. The molecule has 1 unspecified atom stereocenters. The van der Waals surface area contributed by atoms with Crippen LogP contribution < -0.4 is 10.6 Å². The Kier molecular flexibility index (Phi) is 6.30. The summed E-state index contributed by atoms with van der Waals surface area (Å²) >= 11 is 0. The van der Waals surface area contributed by atoms with Crippen LogP contribution in [0, 0.1) is 18.3 Å². The summed E-state index contributed by atoms with van der Waals surface area (Å²) in [5, 5.41) is 19.9. The zero-order valence-corrected chi connectivity index (χ0v) is 16.3. The second-order valence-electron chi connectivity index (χ2n) is 7.00. The fourth-order valence-corrected chi connectivity index (χ4v) is 3.95. The van der Waals surface area contributed by atoms with Gasteiger partial charge in [0, 0.05) is 13.6 Å². The van der Waals surface area contributed by atoms with Crippen LogP contribution in [0.5, 0.6) is 0 Å². The normalized spacial score (nSPS) is 20.5. The summed E-state index contributed by atoms with van der Waals surface area (Å²) < 4.78 is 1.84. The van der Waals surface area contributed by atoms with Crippen molar-refractivity contribution in [3.05, 3.63) is 23.9 Å². The number of hydrogen-bond acceptors (Lipinski definition) is 5. The maximum absolute atomic E-state index is 4.36. The lowest BCUT2D eigenvalue weighted by Gasteiger charge is -2.23. The first-order chi connectivity index (χ1) is 11.2. The molecular weight excluding hydrogens is 359 g/mol. The second kappa shape index (κ2) is 7.89. The number of rotatable bonds is 4. The van der Waals surface area contributed by atoms with E-state index in [2.05, 4.69) is 25.9 Å². The molecule has 2 N–H and O–H groups in total. The third kappa shape index (κ3) is 3.91. The minimum atomic E-state index is 0. The van der Waals surface area contributed by atoms with Crippen LogP contribution in [0.4, 0.5) is 5.82 Å². The quantitative estimate of drug-likeness (QED) is 0.847. The van der Waals surface area contributed by atoms with E-state index in [1.807, 2.05) is 37.0 Å². The number of nitrogens with zero attached hydrogens (tertiary/aromatic N) is 4. The first kappa shape index (κ1) is 19.9. The molecule has 138 valence electrons. The van der Waals surface area contributed by atoms with Crippen LogP contribution in [0.3, 0.4) is 0 Å². The van der Waals surface area contributed by atoms with Crippen molar-refractivity contribution in [2.45, 2.75) is 26.2 Å². The Bertz CT molecular complexity index is 674. The molecule has 4 rings (SSSR count). The Balaban J connectivity index is 0.00000113. The number of piperidine rings is 1. The van der Waals surface area contributed by atoms with E-state index in [0.717, 1.165) is 35.2 Å². The van der Waals surface area contributed by atoms with E-state index in [1.54, 1.807) is 0 Å². The minimum absolute atomic E-state index is 0. The second-order valence-corrected chi connectivity index (χ2v) is 7.00. The Labute approximate surface area is 161 Å². The van der Waals surface area contributed by atoms with Gasteiger partial charge < -0.3 is 10.6 Å². The van der Waals surface area contributed by atoms with E-state index >= 15 is 0 Å². The number of anilines is 1. The Hall–Kier alpha value is -1.37. The molecule has 2 aliphatic rings. The predicted octanol–water partition coefficient (Wildman–Crippen LogP) is 2.83. The maximum Gasteiger partial charge on any atom is 0.148 e. The molecular formula is C17H26Cl2N6. The average Bonchev–Trinajstić information content (AvgIpc) is 3.12. The van der Waals surface area contributed by atoms with Gasteiger partial charge in [-0.1, -0.05) is 0 Å². The lowest BCUT2D eigenvalue weighted by Crippen LogP contribution is -2.30. The summed E-state index contributed by atoms with van der Waals surface area (Å²) in [4.78, 5) is 0. The molecule has 3 heterocycles. The molecule has 1 atom stereocenters. The SMILES string of the molecule is Cc1cnn(C)c1-c1ccc(NCC2CC23CCNCC3)nn1.Cl.Cl. The van der Waals surface area contributed by atoms with Crippen LogP contribution in [0.2, 0.25) is 0 Å². The van der Waals surface area contributed by atoms with Crippen molar-refractivity contribution < 1.29 is 0 Å². The summed E-state index contributed by atoms with van der Waals surface area (Å²) in [6, 6.07) is 4.04. The van der Waals surface area contributed by atoms with Gasteiger partial charge in [-0.25, -0.2) is 0 Å². The van der Waals surface area contributed by atoms with Gasteiger partial charge in [-0.3, -0.25) is 4.68 Å². The third-order valence-corrected chi connectivity index (χ3v) is 5.52. The van der Waals surface area contributed by atoms with Gasteiger partial charge in [-0.05, 0) is 68.3 Å². The van der Waals surface area contributed by atoms with E-state index in [-0.39, 0.29) is 24.8 Å². The fraction of sp³-hybridized carbons (Fsp3) is 0.588. The molecule has 25 heavy (non-hydrogen) atoms. The van der Waals surface area contributed by atoms with Crippen molar-refractivity contribution in [3.63, 3.8) is 0 Å². The molecule has 0 amide bonds. The highest BCUT2D eigenvalue weighted by Gasteiger charge is 2.53. The average molecular weight is 385 g/mol. The highest BCUT2D eigenvalue weighted by atomic mass is 35.5. The number of hydrogen-bond donors (Lipinski definition) is 2. The first-order valence-corrected chi connectivity index (χ1v) is 8.45. The van der Waals surface area contributed by atoms with Crippen molar-refractivity contribution in [3.8, 4) is 11.4 Å². The number of aromatic nitrogens is 4. The lowest BCUT2D eigenvalue weighted by molar-refractivity contribution is 0.326. The van der Waals surface area contributed by atoms with E-state index in [9.17, 15) is 0 Å². The Morgan fingerprint density at radius 1 is 1.24 bits per heavy atom. The van der Waals surface area contributed by atoms with Gasteiger partial charge in [0.2, 0.25) is 0 Å². The molecule has 1 aliphatic heterocycles. The van der Waals surface area contributed by atoms with Crippen molar-refractivity contribution in [2.24, 2.45) is 18.4 Å². The molecule has 2 aromatic heterocycles. The van der Waals surface area contributed by atoms with E-state index in [1.165, 1.54) is 32.4 Å². The summed E-state index contributed by atoms with van der Waals surface area (Å²) in [5.41, 5.74) is 3.62. The van der Waals surface area contributed by atoms with Gasteiger partial charge in [0.25, 0.3) is 0 Å². The van der Waals surface area contributed by atoms with Crippen LogP contribution >= 0.6 is 24.8 Å². The van der Waals surface area contributed by atoms with Gasteiger partial charge in [0.15, 0.2) is 0 Å². The molecule has 6 nitrogen and oxygen atoms in total. The molecule has 1 spiro atoms. The Morgan fingerprint density at radius 3 is 2.60 bits per heavy atom. The molecule has 2 aromatic rings. The van der Waals surface area contributed by atoms with Crippen LogP contribution in [0.1, 0.15) is 24.8 Å². The van der Waals surface area contributed by atoms with Crippen molar-refractivity contribution in [1.29, 1.82) is 0 Å². The zero-order valence-electron chi connectivity index (χ0n) is 14.7. The number of nitrogens with one attached hydrogen (secondary N) is 2. The first-order valence-electron chi connectivity index (χ1n) is 8.45. The number of aryl methyl sites for hydroxylation is 2. The van der Waals surface area contributed by atoms with Crippen LogP contribution in [0.15, 0.2) is 18.3 Å². The standard InChI is InChI=1S/C17H24N6.2ClH/c1-12-10-20-23(2)16(12)14-3-4-15(22-21-14)19-11-13-9-17(13)5-7-18-8-6-17;;/h3-4,10,13,18H,5-9,11H2,1-2H3,(H,19,22);2*1H. The third-order valence-electron chi connectivity index (χ3n) is 5.52. The molecule has 1 saturated carbocycles. The van der Waals surface area contributed by atoms with Crippen LogP contribution in [0.25, 0.3) is 11.4 Å². The van der Waals surface area contributed by atoms with Gasteiger partial charge >= 0.3 is 0 Å². The summed E-state index contributed by atoms with van der Waals surface area (Å²) in [7, 11) is 1.93. The highest BCUT2D eigenvalue weighted by molar-refractivity contribution is 5.85. The summed E-state index contributed by atoms with van der Waals surface area (Å²) in [6.07, 6.45) is 5.86. The van der Waals surface area contributed by atoms with Crippen molar-refractivity contribution in [2.75, 3.05) is 25.0 Å². The van der Waals surface area contributed by atoms with Crippen molar-refractivity contribution >= 4 is 30.6 Å². The lowest BCUT2D eigenvalue weighted by atomic mass is 9.92. The molecule has 0 radical (unpaired) electrons. The van der Waals surface area contributed by atoms with E-state index in [4.69, 9.17) is 0 Å². The maximum atomic E-state index is 4.36. The monoisotopic (exact) mass is 384 g/mol. The van der Waals surface area contributed by atoms with Gasteiger partial charge in [0.1, 0.15) is 11.5 Å². The minimum Gasteiger partial charge on any atom is -0.368 e. The largest absolute Gasteiger partial charge is 0.368 e. The number of halogens is 2. The summed E-state index contributed by atoms with van der Waals surface area (Å²) in [6.45, 7) is 5.41. The molecule has 8 heteroatoms. The molecule has 1 aliphatic carbocycles. The fourth-order valence-electron chi connectivity index (χ4n) is 3.95. The Morgan fingerprint density at radius 2 is 2.00 bits per heavy atom. The van der Waals surface area contributed by atoms with E-state index in [0.29, 0.717) is 5.41 Å². The van der Waals surface area contributed by atoms with Gasteiger partial charge in [-0.15, -0.1) is 35.0 Å². The summed E-state index contributed by atoms with van der Waals surface area (Å²) in [5.74, 6) is 1.66. The van der Waals surface area contributed by atoms with Crippen LogP contribution in [-0.4, -0.2) is 39.6 Å². The van der Waals surface area contributed by atoms with Gasteiger partial charge in [-0.2, -0.15) is 5.10 Å². The molecule has 0 bridgehead atoms. The van der Waals surface area contributed by atoms with Crippen molar-refractivity contribution in [1.82, 2.24) is 25.3 Å². The van der Waals surface area contributed by atoms with E-state index < -0.39 is 0 Å². The molecule has 1 saturated heterocycles. The molecule has 2 fully saturated rings. The highest BCUT2D eigenvalue weighted by Crippen LogP contribution is 2.58. The van der Waals surface area contributed by atoms with Gasteiger partial charge in [0.05, 0.1) is 11.9 Å². The molecule has 0 aromatic carbocycles. The smallest absolute Gasteiger partial charge is 0.148 e. The topological polar surface area (TPSA) is 67.7 Å². The zero-order chi connectivity index (χ0) is 15.9. The van der Waals surface area contributed by atoms with Crippen LogP contribution in [-0.2, 0) is 7.05 Å².